The zero-order valence-corrected chi connectivity index (χ0v) is 11.3. The van der Waals surface area contributed by atoms with Crippen molar-refractivity contribution in [2.75, 3.05) is 13.6 Å². The number of hydrogen-bond donors (Lipinski definition) is 2. The van der Waals surface area contributed by atoms with Crippen molar-refractivity contribution in [2.45, 2.75) is 25.0 Å². The van der Waals surface area contributed by atoms with E-state index in [-0.39, 0.29) is 0 Å². The molecule has 1 aromatic heterocycles. The minimum Gasteiger partial charge on any atom is -0.385 e. The number of fused-ring (bicyclic) bond motifs is 2. The summed E-state index contributed by atoms with van der Waals surface area (Å²) >= 11 is 0. The third kappa shape index (κ3) is 1.52. The second-order valence-corrected chi connectivity index (χ2v) is 6.13. The molecular formula is C16H18N2O. The number of β-amino-alcohol motifs (C(OH)–C–C–N with tert-alkyl or cyclic N) is 1. The van der Waals surface area contributed by atoms with Crippen molar-refractivity contribution >= 4 is 16.5 Å². The topological polar surface area (TPSA) is 39.3 Å². The van der Waals surface area contributed by atoms with E-state index in [9.17, 15) is 5.11 Å². The maximum absolute atomic E-state index is 10.4. The molecular weight excluding hydrogens is 236 g/mol. The molecule has 0 saturated heterocycles. The van der Waals surface area contributed by atoms with Crippen molar-refractivity contribution in [3.8, 4) is 0 Å². The van der Waals surface area contributed by atoms with Crippen molar-refractivity contribution in [3.05, 3.63) is 41.6 Å². The van der Waals surface area contributed by atoms with Gasteiger partial charge in [0, 0.05) is 29.7 Å². The predicted octanol–water partition coefficient (Wildman–Crippen LogP) is 2.17. The highest BCUT2D eigenvalue weighted by Gasteiger charge is 2.37. The molecule has 3 heteroatoms. The number of nitrogens with one attached hydrogen (secondary N) is 1. The summed E-state index contributed by atoms with van der Waals surface area (Å²) in [6, 6.07) is 6.76. The second-order valence-electron chi connectivity index (χ2n) is 6.13. The van der Waals surface area contributed by atoms with E-state index in [1.165, 1.54) is 27.6 Å². The molecule has 0 spiro atoms. The molecule has 3 nitrogen and oxygen atoms in total. The van der Waals surface area contributed by atoms with Gasteiger partial charge in [0.1, 0.15) is 0 Å². The van der Waals surface area contributed by atoms with Crippen LogP contribution in [0.1, 0.15) is 18.1 Å². The van der Waals surface area contributed by atoms with Crippen LogP contribution in [0.15, 0.2) is 30.5 Å². The Bertz CT molecular complexity index is 696. The molecule has 2 aliphatic rings. The van der Waals surface area contributed by atoms with E-state index in [2.05, 4.69) is 47.4 Å². The number of H-pyrrole nitrogens is 1. The van der Waals surface area contributed by atoms with Crippen molar-refractivity contribution in [2.24, 2.45) is 0 Å². The first kappa shape index (κ1) is 11.3. The Hall–Kier alpha value is -1.58. The summed E-state index contributed by atoms with van der Waals surface area (Å²) in [5, 5.41) is 11.7. The van der Waals surface area contributed by atoms with Gasteiger partial charge in [0.15, 0.2) is 0 Å². The lowest BCUT2D eigenvalue weighted by molar-refractivity contribution is 0.0543. The van der Waals surface area contributed by atoms with Crippen LogP contribution in [0.5, 0.6) is 0 Å². The minimum atomic E-state index is -0.740. The zero-order valence-electron chi connectivity index (χ0n) is 11.3. The Labute approximate surface area is 112 Å². The highest BCUT2D eigenvalue weighted by molar-refractivity contribution is 5.98. The van der Waals surface area contributed by atoms with E-state index in [4.69, 9.17) is 0 Å². The van der Waals surface area contributed by atoms with Gasteiger partial charge in [0.05, 0.1) is 5.60 Å². The number of likely N-dealkylation sites (N-methyl/N-ethyl adjacent to an activating group) is 1. The van der Waals surface area contributed by atoms with Crippen molar-refractivity contribution < 1.29 is 5.11 Å². The van der Waals surface area contributed by atoms with E-state index in [0.717, 1.165) is 6.42 Å². The maximum atomic E-state index is 10.4. The Kier molecular flexibility index (Phi) is 2.07. The van der Waals surface area contributed by atoms with Gasteiger partial charge in [0.2, 0.25) is 0 Å². The van der Waals surface area contributed by atoms with Gasteiger partial charge in [-0.2, -0.15) is 0 Å². The highest BCUT2D eigenvalue weighted by atomic mass is 16.3. The fourth-order valence-corrected chi connectivity index (χ4v) is 3.72. The normalized spacial score (nSPS) is 30.3. The molecule has 0 amide bonds. The van der Waals surface area contributed by atoms with Gasteiger partial charge in [-0.3, -0.25) is 4.90 Å². The van der Waals surface area contributed by atoms with Crippen LogP contribution < -0.4 is 0 Å². The fraction of sp³-hybridized carbons (Fsp3) is 0.375. The Balaban J connectivity index is 2.02. The quantitative estimate of drug-likeness (QED) is 0.756. The van der Waals surface area contributed by atoms with E-state index in [1.54, 1.807) is 0 Å². The fourth-order valence-electron chi connectivity index (χ4n) is 3.72. The third-order valence-corrected chi connectivity index (χ3v) is 4.44. The van der Waals surface area contributed by atoms with Crippen molar-refractivity contribution in [1.29, 1.82) is 0 Å². The molecule has 98 valence electrons. The number of rotatable bonds is 0. The number of benzene rings is 1. The Morgan fingerprint density at radius 1 is 1.42 bits per heavy atom. The summed E-state index contributed by atoms with van der Waals surface area (Å²) in [4.78, 5) is 5.62. The molecule has 2 aromatic rings. The molecule has 0 fully saturated rings. The van der Waals surface area contributed by atoms with Gasteiger partial charge in [-0.15, -0.1) is 0 Å². The van der Waals surface area contributed by atoms with Gasteiger partial charge < -0.3 is 10.1 Å². The van der Waals surface area contributed by atoms with Crippen LogP contribution in [-0.2, 0) is 6.42 Å². The molecule has 2 heterocycles. The molecule has 1 aromatic carbocycles. The summed E-state index contributed by atoms with van der Waals surface area (Å²) in [6.45, 7) is 2.58. The number of aromatic nitrogens is 1. The maximum Gasteiger partial charge on any atom is 0.0932 e. The molecule has 4 rings (SSSR count). The van der Waals surface area contributed by atoms with Crippen LogP contribution in [0.25, 0.3) is 16.5 Å². The van der Waals surface area contributed by atoms with Gasteiger partial charge in [0.25, 0.3) is 0 Å². The number of nitrogens with zero attached hydrogens (tertiary/aromatic N) is 1. The van der Waals surface area contributed by atoms with Crippen molar-refractivity contribution in [1.82, 2.24) is 9.88 Å². The SMILES string of the molecule is CN1C[C@](C)(O)C=C2c3cccc4[nH]cc(c34)C[C@@H]21. The highest BCUT2D eigenvalue weighted by Crippen LogP contribution is 2.41. The molecule has 0 radical (unpaired) electrons. The lowest BCUT2D eigenvalue weighted by Crippen LogP contribution is -2.49. The smallest absolute Gasteiger partial charge is 0.0932 e. The van der Waals surface area contributed by atoms with Crippen LogP contribution in [0.3, 0.4) is 0 Å². The van der Waals surface area contributed by atoms with E-state index in [0.29, 0.717) is 12.6 Å². The van der Waals surface area contributed by atoms with Crippen LogP contribution in [-0.4, -0.2) is 40.2 Å². The molecule has 2 atom stereocenters. The standard InChI is InChI=1S/C16H18N2O/c1-16(19)7-12-11-4-3-5-13-15(11)10(8-17-13)6-14(12)18(2)9-16/h3-5,7-8,14,17,19H,6,9H2,1-2H3/t14-,16+/m0/s1. The second kappa shape index (κ2) is 3.50. The van der Waals surface area contributed by atoms with E-state index in [1.807, 2.05) is 6.92 Å². The largest absolute Gasteiger partial charge is 0.385 e. The lowest BCUT2D eigenvalue weighted by atomic mass is 9.79. The number of aliphatic hydroxyl groups is 1. The van der Waals surface area contributed by atoms with Crippen molar-refractivity contribution in [3.63, 3.8) is 0 Å². The number of aromatic amines is 1. The summed E-state index contributed by atoms with van der Waals surface area (Å²) in [6.07, 6.45) is 5.21. The third-order valence-electron chi connectivity index (χ3n) is 4.44. The predicted molar refractivity (Wildman–Crippen MR) is 77.0 cm³/mol. The Morgan fingerprint density at radius 3 is 3.11 bits per heavy atom. The molecule has 2 N–H and O–H groups in total. The van der Waals surface area contributed by atoms with Crippen LogP contribution >= 0.6 is 0 Å². The first-order chi connectivity index (χ1) is 9.05. The summed E-state index contributed by atoms with van der Waals surface area (Å²) < 4.78 is 0. The average molecular weight is 254 g/mol. The van der Waals surface area contributed by atoms with Gasteiger partial charge in [-0.1, -0.05) is 12.1 Å². The number of hydrogen-bond acceptors (Lipinski definition) is 2. The van der Waals surface area contributed by atoms with Crippen LogP contribution in [0, 0.1) is 0 Å². The summed E-state index contributed by atoms with van der Waals surface area (Å²) in [5.74, 6) is 0. The first-order valence-corrected chi connectivity index (χ1v) is 6.80. The molecule has 0 unspecified atom stereocenters. The van der Waals surface area contributed by atoms with Crippen LogP contribution in [0.2, 0.25) is 0 Å². The summed E-state index contributed by atoms with van der Waals surface area (Å²) in [5.41, 5.74) is 4.39. The molecule has 1 aliphatic carbocycles. The van der Waals surface area contributed by atoms with Gasteiger partial charge in [-0.25, -0.2) is 0 Å². The van der Waals surface area contributed by atoms with E-state index < -0.39 is 5.60 Å². The summed E-state index contributed by atoms with van der Waals surface area (Å²) in [7, 11) is 2.10. The monoisotopic (exact) mass is 254 g/mol. The van der Waals surface area contributed by atoms with Gasteiger partial charge in [-0.05, 0) is 49.2 Å². The van der Waals surface area contributed by atoms with Gasteiger partial charge >= 0.3 is 0 Å². The zero-order chi connectivity index (χ0) is 13.2. The molecule has 19 heavy (non-hydrogen) atoms. The molecule has 0 bridgehead atoms. The Morgan fingerprint density at radius 2 is 2.26 bits per heavy atom. The first-order valence-electron chi connectivity index (χ1n) is 6.80. The lowest BCUT2D eigenvalue weighted by Gasteiger charge is -2.42. The van der Waals surface area contributed by atoms with Crippen LogP contribution in [0.4, 0.5) is 0 Å². The van der Waals surface area contributed by atoms with E-state index >= 15 is 0 Å². The average Bonchev–Trinajstić information content (AvgIpc) is 2.75. The molecule has 0 saturated carbocycles. The molecule has 1 aliphatic heterocycles. The minimum absolute atomic E-state index is 0.383.